The Morgan fingerprint density at radius 2 is 2.18 bits per heavy atom. The molecule has 0 radical (unpaired) electrons. The number of hydrogen-bond donors (Lipinski definition) is 0. The first kappa shape index (κ1) is 14.1. The molecule has 0 aliphatic carbocycles. The van der Waals surface area contributed by atoms with Crippen molar-refractivity contribution < 1.29 is 18.5 Å². The van der Waals surface area contributed by atoms with Crippen LogP contribution in [0.5, 0.6) is 0 Å². The van der Waals surface area contributed by atoms with E-state index in [-0.39, 0.29) is 25.5 Å². The second-order valence-corrected chi connectivity index (χ2v) is 4.63. The highest BCUT2D eigenvalue weighted by Crippen LogP contribution is 2.12. The summed E-state index contributed by atoms with van der Waals surface area (Å²) in [4.78, 5) is 27.4. The van der Waals surface area contributed by atoms with Crippen LogP contribution in [-0.4, -0.2) is 20.7 Å². The van der Waals surface area contributed by atoms with Crippen molar-refractivity contribution in [3.05, 3.63) is 46.5 Å². The summed E-state index contributed by atoms with van der Waals surface area (Å²) in [6.07, 6.45) is 0.0382. The van der Waals surface area contributed by atoms with E-state index < -0.39 is 11.7 Å². The van der Waals surface area contributed by atoms with Gasteiger partial charge in [-0.2, -0.15) is 4.98 Å². The Bertz CT molecular complexity index is 861. The Balaban J connectivity index is 1.60. The zero-order chi connectivity index (χ0) is 15.5. The van der Waals surface area contributed by atoms with Gasteiger partial charge in [0.05, 0.1) is 11.9 Å². The molecule has 0 bridgehead atoms. The van der Waals surface area contributed by atoms with Gasteiger partial charge in [-0.15, -0.1) is 0 Å². The summed E-state index contributed by atoms with van der Waals surface area (Å²) in [6.45, 7) is 1.77. The number of carbonyl (C=O) groups excluding carboxylic acids is 1. The normalized spacial score (nSPS) is 11.0. The molecule has 0 saturated carbocycles. The number of rotatable bonds is 5. The molecule has 0 amide bonds. The maximum Gasteiger partial charge on any atom is 0.419 e. The van der Waals surface area contributed by atoms with Crippen LogP contribution in [0.25, 0.3) is 11.1 Å². The van der Waals surface area contributed by atoms with Crippen molar-refractivity contribution in [2.24, 2.45) is 0 Å². The Labute approximate surface area is 124 Å². The van der Waals surface area contributed by atoms with Crippen LogP contribution in [0.15, 0.2) is 38.0 Å². The van der Waals surface area contributed by atoms with Gasteiger partial charge in [-0.25, -0.2) is 4.79 Å². The van der Waals surface area contributed by atoms with Gasteiger partial charge in [0.25, 0.3) is 5.89 Å². The van der Waals surface area contributed by atoms with E-state index in [1.807, 2.05) is 0 Å². The molecule has 3 rings (SSSR count). The van der Waals surface area contributed by atoms with Gasteiger partial charge >= 0.3 is 11.7 Å². The van der Waals surface area contributed by atoms with Crippen molar-refractivity contribution in [3.63, 3.8) is 0 Å². The number of para-hydroxylation sites is 2. The molecule has 2 aromatic heterocycles. The molecular formula is C14H13N3O5. The smallest absolute Gasteiger partial charge is 0.419 e. The maximum absolute atomic E-state index is 11.7. The van der Waals surface area contributed by atoms with Crippen molar-refractivity contribution in [2.45, 2.75) is 26.5 Å². The van der Waals surface area contributed by atoms with Gasteiger partial charge in [-0.1, -0.05) is 17.3 Å². The van der Waals surface area contributed by atoms with E-state index in [4.69, 9.17) is 13.7 Å². The molecule has 1 aromatic carbocycles. The predicted octanol–water partition coefficient (Wildman–Crippen LogP) is 1.42. The fourth-order valence-electron chi connectivity index (χ4n) is 2.04. The lowest BCUT2D eigenvalue weighted by atomic mass is 10.3. The van der Waals surface area contributed by atoms with Crippen LogP contribution < -0.4 is 5.76 Å². The summed E-state index contributed by atoms with van der Waals surface area (Å²) in [7, 11) is 0. The van der Waals surface area contributed by atoms with Gasteiger partial charge in [0.15, 0.2) is 18.0 Å². The molecule has 0 fully saturated rings. The number of fused-ring (bicyclic) bond motifs is 1. The number of aromatic nitrogens is 3. The zero-order valence-electron chi connectivity index (χ0n) is 11.8. The summed E-state index contributed by atoms with van der Waals surface area (Å²) in [5.41, 5.74) is 1.13. The maximum atomic E-state index is 11.7. The average Bonchev–Trinajstić information content (AvgIpc) is 3.05. The van der Waals surface area contributed by atoms with Crippen molar-refractivity contribution in [2.75, 3.05) is 0 Å². The first-order valence-corrected chi connectivity index (χ1v) is 6.66. The third-order valence-electron chi connectivity index (χ3n) is 3.04. The van der Waals surface area contributed by atoms with Crippen molar-refractivity contribution >= 4 is 17.1 Å². The SMILES string of the molecule is Cc1noc(COC(=O)CCn2c(=O)oc3ccccc32)n1. The number of aryl methyl sites for hydroxylation is 2. The van der Waals surface area contributed by atoms with Gasteiger partial charge < -0.3 is 13.7 Å². The number of benzene rings is 1. The van der Waals surface area contributed by atoms with Gasteiger partial charge in [-0.05, 0) is 19.1 Å². The first-order valence-electron chi connectivity index (χ1n) is 6.66. The van der Waals surface area contributed by atoms with Gasteiger partial charge in [-0.3, -0.25) is 9.36 Å². The quantitative estimate of drug-likeness (QED) is 0.657. The topological polar surface area (TPSA) is 100 Å². The lowest BCUT2D eigenvalue weighted by Crippen LogP contribution is -2.17. The summed E-state index contributed by atoms with van der Waals surface area (Å²) < 4.78 is 16.3. The lowest BCUT2D eigenvalue weighted by Gasteiger charge is -2.03. The van der Waals surface area contributed by atoms with Crippen LogP contribution in [0.3, 0.4) is 0 Å². The van der Waals surface area contributed by atoms with E-state index in [0.717, 1.165) is 0 Å². The van der Waals surface area contributed by atoms with E-state index in [0.29, 0.717) is 16.9 Å². The molecule has 0 aliphatic heterocycles. The molecule has 0 N–H and O–H groups in total. The molecule has 3 aromatic rings. The first-order chi connectivity index (χ1) is 10.6. The Morgan fingerprint density at radius 3 is 2.95 bits per heavy atom. The minimum atomic E-state index is -0.499. The predicted molar refractivity (Wildman–Crippen MR) is 73.9 cm³/mol. The van der Waals surface area contributed by atoms with Crippen LogP contribution in [0.4, 0.5) is 0 Å². The number of nitrogens with zero attached hydrogens (tertiary/aromatic N) is 3. The highest BCUT2D eigenvalue weighted by atomic mass is 16.6. The van der Waals surface area contributed by atoms with E-state index in [1.54, 1.807) is 31.2 Å². The van der Waals surface area contributed by atoms with Crippen molar-refractivity contribution in [1.82, 2.24) is 14.7 Å². The van der Waals surface area contributed by atoms with Crippen LogP contribution in [0.1, 0.15) is 18.1 Å². The molecule has 22 heavy (non-hydrogen) atoms. The van der Waals surface area contributed by atoms with Crippen molar-refractivity contribution in [1.29, 1.82) is 0 Å². The van der Waals surface area contributed by atoms with Crippen molar-refractivity contribution in [3.8, 4) is 0 Å². The lowest BCUT2D eigenvalue weighted by molar-refractivity contribution is -0.146. The number of oxazole rings is 1. The highest BCUT2D eigenvalue weighted by Gasteiger charge is 2.12. The monoisotopic (exact) mass is 303 g/mol. The third kappa shape index (κ3) is 2.90. The van der Waals surface area contributed by atoms with Crippen LogP contribution >= 0.6 is 0 Å². The largest absolute Gasteiger partial charge is 0.456 e. The van der Waals surface area contributed by atoms with Gasteiger partial charge in [0.1, 0.15) is 0 Å². The molecule has 8 heteroatoms. The minimum absolute atomic E-state index is 0.0382. The third-order valence-corrected chi connectivity index (χ3v) is 3.04. The molecular weight excluding hydrogens is 290 g/mol. The summed E-state index contributed by atoms with van der Waals surface area (Å²) in [5.74, 6) is -0.256. The van der Waals surface area contributed by atoms with E-state index >= 15 is 0 Å². The Hall–Kier alpha value is -2.90. The molecule has 8 nitrogen and oxygen atoms in total. The summed E-state index contributed by atoms with van der Waals surface area (Å²) in [5, 5.41) is 3.59. The Morgan fingerprint density at radius 1 is 1.36 bits per heavy atom. The molecule has 0 aliphatic rings. The van der Waals surface area contributed by atoms with Gasteiger partial charge in [0, 0.05) is 6.54 Å². The van der Waals surface area contributed by atoms with E-state index in [9.17, 15) is 9.59 Å². The molecule has 0 spiro atoms. The van der Waals surface area contributed by atoms with E-state index in [1.165, 1.54) is 4.57 Å². The van der Waals surface area contributed by atoms with Crippen LogP contribution in [-0.2, 0) is 22.7 Å². The fraction of sp³-hybridized carbons (Fsp3) is 0.286. The highest BCUT2D eigenvalue weighted by molar-refractivity contribution is 5.73. The molecule has 0 saturated heterocycles. The average molecular weight is 303 g/mol. The van der Waals surface area contributed by atoms with Crippen LogP contribution in [0, 0.1) is 6.92 Å². The van der Waals surface area contributed by atoms with E-state index in [2.05, 4.69) is 10.1 Å². The standard InChI is InChI=1S/C14H13N3O5/c1-9-15-12(22-16-9)8-20-13(18)6-7-17-10-4-2-3-5-11(10)21-14(17)19/h2-5H,6-8H2,1H3. The fourth-order valence-corrected chi connectivity index (χ4v) is 2.04. The van der Waals surface area contributed by atoms with Crippen LogP contribution in [0.2, 0.25) is 0 Å². The molecule has 2 heterocycles. The Kier molecular flexibility index (Phi) is 3.73. The molecule has 0 atom stereocenters. The zero-order valence-corrected chi connectivity index (χ0v) is 11.8. The second-order valence-electron chi connectivity index (χ2n) is 4.63. The number of esters is 1. The molecule has 0 unspecified atom stereocenters. The number of ether oxygens (including phenoxy) is 1. The number of carbonyl (C=O) groups is 1. The van der Waals surface area contributed by atoms with Gasteiger partial charge in [0.2, 0.25) is 0 Å². The summed E-state index contributed by atoms with van der Waals surface area (Å²) in [6, 6.07) is 7.02. The summed E-state index contributed by atoms with van der Waals surface area (Å²) >= 11 is 0. The number of hydrogen-bond acceptors (Lipinski definition) is 7. The molecule has 114 valence electrons. The minimum Gasteiger partial charge on any atom is -0.456 e. The second kappa shape index (κ2) is 5.84.